The Morgan fingerprint density at radius 1 is 1.19 bits per heavy atom. The first-order valence-corrected chi connectivity index (χ1v) is 9.97. The molecule has 1 atom stereocenters. The van der Waals surface area contributed by atoms with Gasteiger partial charge in [-0.3, -0.25) is 9.59 Å². The summed E-state index contributed by atoms with van der Waals surface area (Å²) in [6.07, 6.45) is 4.94. The van der Waals surface area contributed by atoms with Gasteiger partial charge in [-0.1, -0.05) is 13.0 Å². The van der Waals surface area contributed by atoms with Crippen LogP contribution in [-0.2, 0) is 16.0 Å². The van der Waals surface area contributed by atoms with Gasteiger partial charge in [-0.05, 0) is 48.8 Å². The molecule has 1 aromatic rings. The van der Waals surface area contributed by atoms with Crippen molar-refractivity contribution in [3.05, 3.63) is 23.8 Å². The summed E-state index contributed by atoms with van der Waals surface area (Å²) in [5.41, 5.74) is 1.21. The van der Waals surface area contributed by atoms with Gasteiger partial charge in [-0.15, -0.1) is 0 Å². The van der Waals surface area contributed by atoms with E-state index in [9.17, 15) is 9.59 Å². The highest BCUT2D eigenvalue weighted by Crippen LogP contribution is 2.37. The van der Waals surface area contributed by atoms with E-state index in [0.29, 0.717) is 25.9 Å². The fourth-order valence-electron chi connectivity index (χ4n) is 4.44. The molecule has 1 aromatic carbocycles. The number of carbonyl (C=O) groups excluding carboxylic acids is 2. The third-order valence-electron chi connectivity index (χ3n) is 5.99. The summed E-state index contributed by atoms with van der Waals surface area (Å²) >= 11 is 0. The summed E-state index contributed by atoms with van der Waals surface area (Å²) in [5.74, 6) is 1.96. The zero-order chi connectivity index (χ0) is 18.9. The molecule has 146 valence electrons. The normalized spacial score (nSPS) is 24.6. The van der Waals surface area contributed by atoms with Crippen molar-refractivity contribution in [1.29, 1.82) is 0 Å². The molecule has 0 spiro atoms. The molecule has 0 radical (unpaired) electrons. The van der Waals surface area contributed by atoms with E-state index in [1.165, 1.54) is 5.56 Å². The van der Waals surface area contributed by atoms with E-state index in [1.54, 1.807) is 0 Å². The maximum Gasteiger partial charge on any atom is 0.231 e. The SMILES string of the molecule is C[C@@]1(Cc2ccc3c(c2)OCO3)CCC(=O)N(CCC(=O)N2CCCC2)C1. The van der Waals surface area contributed by atoms with E-state index >= 15 is 0 Å². The molecule has 0 N–H and O–H groups in total. The highest BCUT2D eigenvalue weighted by Gasteiger charge is 2.35. The first-order valence-electron chi connectivity index (χ1n) is 9.97. The predicted octanol–water partition coefficient (Wildman–Crippen LogP) is 2.60. The number of rotatable bonds is 5. The van der Waals surface area contributed by atoms with Crippen molar-refractivity contribution in [2.75, 3.05) is 33.0 Å². The average Bonchev–Trinajstić information content (AvgIpc) is 3.33. The number of hydrogen-bond donors (Lipinski definition) is 0. The Morgan fingerprint density at radius 3 is 2.78 bits per heavy atom. The van der Waals surface area contributed by atoms with Crippen molar-refractivity contribution in [1.82, 2.24) is 9.80 Å². The summed E-state index contributed by atoms with van der Waals surface area (Å²) in [5, 5.41) is 0. The minimum absolute atomic E-state index is 0.0122. The lowest BCUT2D eigenvalue weighted by atomic mass is 9.76. The van der Waals surface area contributed by atoms with Gasteiger partial charge in [0.05, 0.1) is 0 Å². The van der Waals surface area contributed by atoms with Gasteiger partial charge >= 0.3 is 0 Å². The molecule has 6 heteroatoms. The Morgan fingerprint density at radius 2 is 1.96 bits per heavy atom. The second-order valence-corrected chi connectivity index (χ2v) is 8.33. The van der Waals surface area contributed by atoms with E-state index in [1.807, 2.05) is 21.9 Å². The molecule has 2 fully saturated rings. The Kier molecular flexibility index (Phi) is 4.98. The molecular formula is C21H28N2O4. The molecule has 2 saturated heterocycles. The molecule has 6 nitrogen and oxygen atoms in total. The summed E-state index contributed by atoms with van der Waals surface area (Å²) < 4.78 is 10.9. The lowest BCUT2D eigenvalue weighted by Gasteiger charge is -2.40. The standard InChI is InChI=1S/C21H28N2O4/c1-21(13-16-4-5-17-18(12-16)27-15-26-17)8-6-19(24)23(14-21)11-7-20(25)22-9-2-3-10-22/h4-5,12H,2-3,6-11,13-15H2,1H3/t21-/m0/s1. The van der Waals surface area contributed by atoms with Gasteiger partial charge in [0.2, 0.25) is 18.6 Å². The molecule has 2 amide bonds. The second kappa shape index (κ2) is 7.41. The summed E-state index contributed by atoms with van der Waals surface area (Å²) in [7, 11) is 0. The molecule has 0 aromatic heterocycles. The van der Waals surface area contributed by atoms with Crippen LogP contribution in [0.1, 0.15) is 44.6 Å². The Labute approximate surface area is 160 Å². The van der Waals surface area contributed by atoms with Gasteiger partial charge in [-0.2, -0.15) is 0 Å². The Bertz CT molecular complexity index is 729. The molecule has 3 aliphatic rings. The molecule has 4 rings (SSSR count). The summed E-state index contributed by atoms with van der Waals surface area (Å²) in [6.45, 7) is 5.49. The maximum absolute atomic E-state index is 12.4. The zero-order valence-corrected chi connectivity index (χ0v) is 16.0. The van der Waals surface area contributed by atoms with E-state index in [4.69, 9.17) is 9.47 Å². The van der Waals surface area contributed by atoms with Gasteiger partial charge in [-0.25, -0.2) is 0 Å². The highest BCUT2D eigenvalue weighted by atomic mass is 16.7. The van der Waals surface area contributed by atoms with Crippen molar-refractivity contribution in [3.63, 3.8) is 0 Å². The minimum atomic E-state index is 0.0122. The fourth-order valence-corrected chi connectivity index (χ4v) is 4.44. The molecule has 0 unspecified atom stereocenters. The van der Waals surface area contributed by atoms with Crippen LogP contribution in [0.4, 0.5) is 0 Å². The molecule has 27 heavy (non-hydrogen) atoms. The number of fused-ring (bicyclic) bond motifs is 1. The Hall–Kier alpha value is -2.24. The average molecular weight is 372 g/mol. The smallest absolute Gasteiger partial charge is 0.231 e. The predicted molar refractivity (Wildman–Crippen MR) is 101 cm³/mol. The van der Waals surface area contributed by atoms with Crippen LogP contribution >= 0.6 is 0 Å². The maximum atomic E-state index is 12.4. The minimum Gasteiger partial charge on any atom is -0.454 e. The number of ether oxygens (including phenoxy) is 2. The van der Waals surface area contributed by atoms with Gasteiger partial charge in [0.25, 0.3) is 0 Å². The van der Waals surface area contributed by atoms with Crippen LogP contribution < -0.4 is 9.47 Å². The van der Waals surface area contributed by atoms with Gasteiger partial charge < -0.3 is 19.3 Å². The number of nitrogens with zero attached hydrogens (tertiary/aromatic N) is 2. The molecule has 0 saturated carbocycles. The van der Waals surface area contributed by atoms with E-state index in [2.05, 4.69) is 13.0 Å². The van der Waals surface area contributed by atoms with Gasteiger partial charge in [0, 0.05) is 39.0 Å². The van der Waals surface area contributed by atoms with Crippen molar-refractivity contribution in [2.24, 2.45) is 5.41 Å². The lowest BCUT2D eigenvalue weighted by molar-refractivity contribution is -0.138. The quantitative estimate of drug-likeness (QED) is 0.797. The van der Waals surface area contributed by atoms with E-state index in [-0.39, 0.29) is 24.0 Å². The second-order valence-electron chi connectivity index (χ2n) is 8.33. The van der Waals surface area contributed by atoms with Crippen molar-refractivity contribution < 1.29 is 19.1 Å². The van der Waals surface area contributed by atoms with E-state index < -0.39 is 0 Å². The van der Waals surface area contributed by atoms with Crippen LogP contribution in [0.15, 0.2) is 18.2 Å². The number of amides is 2. The fraction of sp³-hybridized carbons (Fsp3) is 0.619. The summed E-state index contributed by atoms with van der Waals surface area (Å²) in [6, 6.07) is 6.09. The molecular weight excluding hydrogens is 344 g/mol. The number of likely N-dealkylation sites (tertiary alicyclic amines) is 2. The molecule has 0 aliphatic carbocycles. The van der Waals surface area contributed by atoms with Crippen molar-refractivity contribution >= 4 is 11.8 Å². The number of hydrogen-bond acceptors (Lipinski definition) is 4. The zero-order valence-electron chi connectivity index (χ0n) is 16.0. The number of piperidine rings is 1. The number of benzene rings is 1. The first kappa shape index (κ1) is 18.1. The van der Waals surface area contributed by atoms with Crippen LogP contribution in [0.2, 0.25) is 0 Å². The van der Waals surface area contributed by atoms with Crippen LogP contribution in [0.5, 0.6) is 11.5 Å². The highest BCUT2D eigenvalue weighted by molar-refractivity contribution is 5.80. The van der Waals surface area contributed by atoms with Gasteiger partial charge in [0.1, 0.15) is 0 Å². The molecule has 3 heterocycles. The number of carbonyl (C=O) groups is 2. The van der Waals surface area contributed by atoms with Crippen molar-refractivity contribution in [3.8, 4) is 11.5 Å². The van der Waals surface area contributed by atoms with Crippen LogP contribution in [-0.4, -0.2) is 54.6 Å². The summed E-state index contributed by atoms with van der Waals surface area (Å²) in [4.78, 5) is 28.5. The topological polar surface area (TPSA) is 59.1 Å². The van der Waals surface area contributed by atoms with Crippen LogP contribution in [0, 0.1) is 5.41 Å². The largest absolute Gasteiger partial charge is 0.454 e. The van der Waals surface area contributed by atoms with Crippen molar-refractivity contribution in [2.45, 2.75) is 45.4 Å². The molecule has 0 bridgehead atoms. The van der Waals surface area contributed by atoms with Crippen LogP contribution in [0.3, 0.4) is 0 Å². The lowest BCUT2D eigenvalue weighted by Crippen LogP contribution is -2.47. The first-order chi connectivity index (χ1) is 13.0. The van der Waals surface area contributed by atoms with E-state index in [0.717, 1.165) is 50.3 Å². The Balaban J connectivity index is 1.36. The monoisotopic (exact) mass is 372 g/mol. The third-order valence-corrected chi connectivity index (χ3v) is 5.99. The van der Waals surface area contributed by atoms with Gasteiger partial charge in [0.15, 0.2) is 11.5 Å². The third kappa shape index (κ3) is 4.04. The van der Waals surface area contributed by atoms with Crippen LogP contribution in [0.25, 0.3) is 0 Å². The molecule has 3 aliphatic heterocycles.